The molecule has 0 heterocycles. The maximum atomic E-state index is 12.9. The fourth-order valence-electron chi connectivity index (χ4n) is 3.11. The minimum atomic E-state index is -0.423. The van der Waals surface area contributed by atoms with Crippen LogP contribution in [0.25, 0.3) is 0 Å². The van der Waals surface area contributed by atoms with Gasteiger partial charge in [0.2, 0.25) is 5.91 Å². The van der Waals surface area contributed by atoms with Crippen molar-refractivity contribution in [3.05, 3.63) is 65.5 Å². The SMILES string of the molecule is CCN(CC)C(CNC(=O)CNC(=O)c1ccc(F)cc1)c1cccc(OC)c1. The Hall–Kier alpha value is -2.93. The van der Waals surface area contributed by atoms with Gasteiger partial charge >= 0.3 is 0 Å². The molecule has 156 valence electrons. The van der Waals surface area contributed by atoms with Crippen LogP contribution >= 0.6 is 0 Å². The van der Waals surface area contributed by atoms with E-state index in [1.54, 1.807) is 7.11 Å². The number of carbonyl (C=O) groups excluding carboxylic acids is 2. The molecule has 0 aromatic heterocycles. The molecule has 0 radical (unpaired) electrons. The second-order valence-electron chi connectivity index (χ2n) is 6.51. The third kappa shape index (κ3) is 6.57. The van der Waals surface area contributed by atoms with Crippen LogP contribution in [-0.4, -0.2) is 50.0 Å². The Balaban J connectivity index is 1.96. The lowest BCUT2D eigenvalue weighted by atomic mass is 10.0. The van der Waals surface area contributed by atoms with Crippen LogP contribution in [0.15, 0.2) is 48.5 Å². The van der Waals surface area contributed by atoms with E-state index in [1.165, 1.54) is 24.3 Å². The predicted octanol–water partition coefficient (Wildman–Crippen LogP) is 2.76. The maximum Gasteiger partial charge on any atom is 0.251 e. The largest absolute Gasteiger partial charge is 0.497 e. The summed E-state index contributed by atoms with van der Waals surface area (Å²) in [6.45, 7) is 6.05. The van der Waals surface area contributed by atoms with Crippen molar-refractivity contribution < 1.29 is 18.7 Å². The van der Waals surface area contributed by atoms with Gasteiger partial charge in [-0.2, -0.15) is 0 Å². The standard InChI is InChI=1S/C22H28FN3O3/c1-4-26(5-2)20(17-7-6-8-19(13-17)29-3)14-24-21(27)15-25-22(28)16-9-11-18(23)12-10-16/h6-13,20H,4-5,14-15H2,1-3H3,(H,24,27)(H,25,28). The number of nitrogens with one attached hydrogen (secondary N) is 2. The highest BCUT2D eigenvalue weighted by atomic mass is 19.1. The minimum absolute atomic E-state index is 0.0168. The van der Waals surface area contributed by atoms with Gasteiger partial charge in [-0.1, -0.05) is 26.0 Å². The lowest BCUT2D eigenvalue weighted by Crippen LogP contribution is -2.42. The molecule has 0 bridgehead atoms. The number of amides is 2. The minimum Gasteiger partial charge on any atom is -0.497 e. The number of halogens is 1. The molecule has 0 fully saturated rings. The van der Waals surface area contributed by atoms with Crippen molar-refractivity contribution in [2.24, 2.45) is 0 Å². The van der Waals surface area contributed by atoms with Crippen molar-refractivity contribution in [2.45, 2.75) is 19.9 Å². The molecule has 1 atom stereocenters. The second-order valence-corrected chi connectivity index (χ2v) is 6.51. The number of methoxy groups -OCH3 is 1. The molecule has 1 unspecified atom stereocenters. The average Bonchev–Trinajstić information content (AvgIpc) is 2.75. The maximum absolute atomic E-state index is 12.9. The number of hydrogen-bond acceptors (Lipinski definition) is 4. The summed E-state index contributed by atoms with van der Waals surface area (Å²) in [5.41, 5.74) is 1.35. The topological polar surface area (TPSA) is 70.7 Å². The fourth-order valence-corrected chi connectivity index (χ4v) is 3.11. The van der Waals surface area contributed by atoms with Gasteiger partial charge in [-0.15, -0.1) is 0 Å². The molecule has 0 saturated carbocycles. The van der Waals surface area contributed by atoms with Crippen molar-refractivity contribution in [2.75, 3.05) is 33.3 Å². The first-order valence-electron chi connectivity index (χ1n) is 9.66. The normalized spacial score (nSPS) is 11.8. The average molecular weight is 401 g/mol. The van der Waals surface area contributed by atoms with Gasteiger partial charge in [0.15, 0.2) is 0 Å². The van der Waals surface area contributed by atoms with Crippen molar-refractivity contribution in [1.29, 1.82) is 0 Å². The van der Waals surface area contributed by atoms with Gasteiger partial charge in [0.25, 0.3) is 5.91 Å². The van der Waals surface area contributed by atoms with Crippen LogP contribution in [0.4, 0.5) is 4.39 Å². The van der Waals surface area contributed by atoms with E-state index >= 15 is 0 Å². The quantitative estimate of drug-likeness (QED) is 0.642. The highest BCUT2D eigenvalue weighted by molar-refractivity contribution is 5.96. The summed E-state index contributed by atoms with van der Waals surface area (Å²) in [6, 6.07) is 12.9. The van der Waals surface area contributed by atoms with Gasteiger partial charge in [-0.05, 0) is 55.1 Å². The number of carbonyl (C=O) groups is 2. The molecule has 2 N–H and O–H groups in total. The van der Waals surface area contributed by atoms with Gasteiger partial charge in [-0.3, -0.25) is 14.5 Å². The molecule has 0 aliphatic rings. The number of rotatable bonds is 10. The molecule has 7 heteroatoms. The summed E-state index contributed by atoms with van der Waals surface area (Å²) in [6.07, 6.45) is 0. The van der Waals surface area contributed by atoms with Crippen molar-refractivity contribution in [3.63, 3.8) is 0 Å². The zero-order valence-electron chi connectivity index (χ0n) is 17.1. The molecule has 2 aromatic carbocycles. The van der Waals surface area contributed by atoms with E-state index in [0.29, 0.717) is 12.1 Å². The Morgan fingerprint density at radius 3 is 2.38 bits per heavy atom. The van der Waals surface area contributed by atoms with Crippen LogP contribution in [0.2, 0.25) is 0 Å². The summed E-state index contributed by atoms with van der Waals surface area (Å²) in [7, 11) is 1.62. The van der Waals surface area contributed by atoms with Crippen LogP contribution in [0.5, 0.6) is 5.75 Å². The Bertz CT molecular complexity index is 807. The highest BCUT2D eigenvalue weighted by Crippen LogP contribution is 2.23. The van der Waals surface area contributed by atoms with Crippen LogP contribution < -0.4 is 15.4 Å². The van der Waals surface area contributed by atoms with Crippen LogP contribution in [0.3, 0.4) is 0 Å². The van der Waals surface area contributed by atoms with E-state index in [1.807, 2.05) is 24.3 Å². The smallest absolute Gasteiger partial charge is 0.251 e. The van der Waals surface area contributed by atoms with Gasteiger partial charge in [0.1, 0.15) is 11.6 Å². The monoisotopic (exact) mass is 401 g/mol. The number of nitrogens with zero attached hydrogens (tertiary/aromatic N) is 1. The second kappa shape index (κ2) is 11.2. The van der Waals surface area contributed by atoms with Gasteiger partial charge in [0.05, 0.1) is 19.7 Å². The van der Waals surface area contributed by atoms with Crippen molar-refractivity contribution in [1.82, 2.24) is 15.5 Å². The lowest BCUT2D eigenvalue weighted by molar-refractivity contribution is -0.120. The Morgan fingerprint density at radius 1 is 1.07 bits per heavy atom. The number of hydrogen-bond donors (Lipinski definition) is 2. The van der Waals surface area contributed by atoms with E-state index in [2.05, 4.69) is 29.4 Å². The van der Waals surface area contributed by atoms with Crippen LogP contribution in [0, 0.1) is 5.82 Å². The molecule has 0 spiro atoms. The summed E-state index contributed by atoms with van der Waals surface area (Å²) in [4.78, 5) is 26.6. The summed E-state index contributed by atoms with van der Waals surface area (Å²) in [5.74, 6) is -0.370. The molecule has 2 amide bonds. The first-order valence-corrected chi connectivity index (χ1v) is 9.66. The van der Waals surface area contributed by atoms with Gasteiger partial charge in [0, 0.05) is 12.1 Å². The third-order valence-corrected chi connectivity index (χ3v) is 4.74. The van der Waals surface area contributed by atoms with E-state index < -0.39 is 11.7 Å². The highest BCUT2D eigenvalue weighted by Gasteiger charge is 2.19. The molecule has 0 aliphatic heterocycles. The van der Waals surface area contributed by atoms with Crippen molar-refractivity contribution >= 4 is 11.8 Å². The molecule has 2 rings (SSSR count). The summed E-state index contributed by atoms with van der Waals surface area (Å²) in [5, 5.41) is 5.44. The van der Waals surface area contributed by atoms with E-state index in [0.717, 1.165) is 24.4 Å². The van der Waals surface area contributed by atoms with E-state index in [9.17, 15) is 14.0 Å². The molecular weight excluding hydrogens is 373 g/mol. The molecule has 29 heavy (non-hydrogen) atoms. The fraction of sp³-hybridized carbons (Fsp3) is 0.364. The zero-order valence-corrected chi connectivity index (χ0v) is 17.1. The lowest BCUT2D eigenvalue weighted by Gasteiger charge is -2.30. The molecule has 6 nitrogen and oxygen atoms in total. The van der Waals surface area contributed by atoms with Gasteiger partial charge < -0.3 is 15.4 Å². The summed E-state index contributed by atoms with van der Waals surface area (Å²) < 4.78 is 18.3. The van der Waals surface area contributed by atoms with Gasteiger partial charge in [-0.25, -0.2) is 4.39 Å². The Labute approximate surface area is 171 Å². The number of ether oxygens (including phenoxy) is 1. The Morgan fingerprint density at radius 2 is 1.76 bits per heavy atom. The van der Waals surface area contributed by atoms with Crippen LogP contribution in [-0.2, 0) is 4.79 Å². The number of benzene rings is 2. The predicted molar refractivity (Wildman–Crippen MR) is 110 cm³/mol. The molecular formula is C22H28FN3O3. The first kappa shape index (κ1) is 22.4. The zero-order chi connectivity index (χ0) is 21.2. The van der Waals surface area contributed by atoms with Crippen molar-refractivity contribution in [3.8, 4) is 5.75 Å². The molecule has 2 aromatic rings. The molecule has 0 aliphatic carbocycles. The van der Waals surface area contributed by atoms with E-state index in [4.69, 9.17) is 4.74 Å². The molecule has 0 saturated heterocycles. The van der Waals surface area contributed by atoms with E-state index in [-0.39, 0.29) is 18.5 Å². The van der Waals surface area contributed by atoms with Crippen LogP contribution in [0.1, 0.15) is 35.8 Å². The number of likely N-dealkylation sites (N-methyl/N-ethyl adjacent to an activating group) is 1. The Kier molecular flexibility index (Phi) is 8.61. The third-order valence-electron chi connectivity index (χ3n) is 4.74. The first-order chi connectivity index (χ1) is 14.0. The summed E-state index contributed by atoms with van der Waals surface area (Å²) >= 11 is 0.